The molecule has 2 aromatic carbocycles. The summed E-state index contributed by atoms with van der Waals surface area (Å²) in [5.74, 6) is 0.750. The second kappa shape index (κ2) is 5.08. The van der Waals surface area contributed by atoms with E-state index >= 15 is 0 Å². The maximum atomic E-state index is 4.11. The van der Waals surface area contributed by atoms with Gasteiger partial charge in [-0.05, 0) is 57.6 Å². The molecule has 0 saturated carbocycles. The van der Waals surface area contributed by atoms with E-state index in [0.717, 1.165) is 17.1 Å². The maximum Gasteiger partial charge on any atom is 0.187 e. The van der Waals surface area contributed by atoms with E-state index in [1.54, 1.807) is 4.68 Å². The molecule has 4 nitrogen and oxygen atoms in total. The maximum absolute atomic E-state index is 4.11. The van der Waals surface area contributed by atoms with Crippen molar-refractivity contribution >= 4 is 22.6 Å². The van der Waals surface area contributed by atoms with Gasteiger partial charge < -0.3 is 0 Å². The first kappa shape index (κ1) is 12.3. The number of aromatic nitrogens is 4. The Morgan fingerprint density at radius 1 is 1.05 bits per heavy atom. The van der Waals surface area contributed by atoms with E-state index < -0.39 is 0 Å². The Morgan fingerprint density at radius 2 is 1.84 bits per heavy atom. The van der Waals surface area contributed by atoms with Crippen LogP contribution in [0.25, 0.3) is 17.1 Å². The van der Waals surface area contributed by atoms with Gasteiger partial charge in [-0.3, -0.25) is 0 Å². The lowest BCUT2D eigenvalue weighted by Gasteiger charge is -2.06. The van der Waals surface area contributed by atoms with Gasteiger partial charge in [0.25, 0.3) is 0 Å². The average molecular weight is 362 g/mol. The van der Waals surface area contributed by atoms with Gasteiger partial charge in [0.1, 0.15) is 0 Å². The van der Waals surface area contributed by atoms with Crippen molar-refractivity contribution in [1.29, 1.82) is 0 Å². The zero-order valence-electron chi connectivity index (χ0n) is 10.3. The summed E-state index contributed by atoms with van der Waals surface area (Å²) in [6.45, 7) is 2.09. The second-order valence-corrected chi connectivity index (χ2v) is 5.38. The molecule has 0 saturated heterocycles. The molecular weight excluding hydrogens is 351 g/mol. The highest BCUT2D eigenvalue weighted by Gasteiger charge is 2.10. The molecule has 0 bridgehead atoms. The molecular formula is C14H11IN4. The minimum atomic E-state index is 0.750. The number of rotatable bonds is 2. The number of tetrazole rings is 1. The Balaban J connectivity index is 2.12. The third kappa shape index (κ3) is 2.37. The van der Waals surface area contributed by atoms with Gasteiger partial charge in [-0.2, -0.15) is 4.68 Å². The molecule has 0 aliphatic carbocycles. The van der Waals surface area contributed by atoms with Crippen LogP contribution in [0.5, 0.6) is 0 Å². The summed E-state index contributed by atoms with van der Waals surface area (Å²) in [6.07, 6.45) is 0. The van der Waals surface area contributed by atoms with Crippen molar-refractivity contribution in [1.82, 2.24) is 20.2 Å². The molecule has 1 heterocycles. The van der Waals surface area contributed by atoms with Crippen molar-refractivity contribution in [3.05, 3.63) is 57.7 Å². The predicted molar refractivity (Wildman–Crippen MR) is 82.0 cm³/mol. The van der Waals surface area contributed by atoms with Crippen LogP contribution in [-0.2, 0) is 0 Å². The minimum absolute atomic E-state index is 0.750. The summed E-state index contributed by atoms with van der Waals surface area (Å²) < 4.78 is 2.96. The number of benzene rings is 2. The fraction of sp³-hybridized carbons (Fsp3) is 0.0714. The Hall–Kier alpha value is -1.76. The largest absolute Gasteiger partial charge is 0.193 e. The van der Waals surface area contributed by atoms with Gasteiger partial charge >= 0.3 is 0 Å². The molecule has 0 radical (unpaired) electrons. The van der Waals surface area contributed by atoms with Gasteiger partial charge in [0, 0.05) is 9.13 Å². The van der Waals surface area contributed by atoms with Crippen molar-refractivity contribution in [3.8, 4) is 17.1 Å². The molecule has 5 heteroatoms. The van der Waals surface area contributed by atoms with Crippen LogP contribution in [0, 0.1) is 10.5 Å². The molecule has 0 unspecified atom stereocenters. The van der Waals surface area contributed by atoms with Gasteiger partial charge in [0.2, 0.25) is 0 Å². The fourth-order valence-corrected chi connectivity index (χ4v) is 2.34. The van der Waals surface area contributed by atoms with Gasteiger partial charge in [0.05, 0.1) is 5.69 Å². The average Bonchev–Trinajstić information content (AvgIpc) is 2.92. The number of nitrogens with zero attached hydrogens (tertiary/aromatic N) is 4. The lowest BCUT2D eigenvalue weighted by Crippen LogP contribution is -2.00. The third-order valence-corrected chi connectivity index (χ3v) is 4.06. The van der Waals surface area contributed by atoms with E-state index in [2.05, 4.69) is 57.2 Å². The smallest absolute Gasteiger partial charge is 0.187 e. The Labute approximate surface area is 124 Å². The fourth-order valence-electron chi connectivity index (χ4n) is 1.84. The standard InChI is InChI=1S/C14H11IN4/c1-10-7-8-12(9-13(10)15)19-14(16-17-18-19)11-5-3-2-4-6-11/h2-9H,1H3. The first-order chi connectivity index (χ1) is 9.25. The summed E-state index contributed by atoms with van der Waals surface area (Å²) >= 11 is 2.32. The zero-order chi connectivity index (χ0) is 13.2. The van der Waals surface area contributed by atoms with Crippen LogP contribution in [0.3, 0.4) is 0 Å². The van der Waals surface area contributed by atoms with Crippen molar-refractivity contribution < 1.29 is 0 Å². The number of aryl methyl sites for hydroxylation is 1. The molecule has 0 aliphatic heterocycles. The molecule has 19 heavy (non-hydrogen) atoms. The van der Waals surface area contributed by atoms with Crippen LogP contribution in [0.4, 0.5) is 0 Å². The molecule has 3 aromatic rings. The van der Waals surface area contributed by atoms with E-state index in [9.17, 15) is 0 Å². The highest BCUT2D eigenvalue weighted by atomic mass is 127. The lowest BCUT2D eigenvalue weighted by atomic mass is 10.2. The van der Waals surface area contributed by atoms with E-state index in [-0.39, 0.29) is 0 Å². The van der Waals surface area contributed by atoms with Gasteiger partial charge in [0.15, 0.2) is 5.82 Å². The predicted octanol–water partition coefficient (Wildman–Crippen LogP) is 3.24. The second-order valence-electron chi connectivity index (χ2n) is 4.21. The van der Waals surface area contributed by atoms with E-state index in [1.165, 1.54) is 9.13 Å². The quantitative estimate of drug-likeness (QED) is 0.658. The summed E-state index contributed by atoms with van der Waals surface area (Å²) in [4.78, 5) is 0. The van der Waals surface area contributed by atoms with Crippen LogP contribution >= 0.6 is 22.6 Å². The molecule has 0 atom stereocenters. The minimum Gasteiger partial charge on any atom is -0.193 e. The monoisotopic (exact) mass is 362 g/mol. The normalized spacial score (nSPS) is 10.6. The van der Waals surface area contributed by atoms with Crippen LogP contribution in [0.1, 0.15) is 5.56 Å². The Bertz CT molecular complexity index is 706. The van der Waals surface area contributed by atoms with Crippen molar-refractivity contribution in [2.45, 2.75) is 6.92 Å². The summed E-state index contributed by atoms with van der Waals surface area (Å²) in [6, 6.07) is 16.1. The van der Waals surface area contributed by atoms with Crippen molar-refractivity contribution in [2.75, 3.05) is 0 Å². The molecule has 94 valence electrons. The molecule has 0 N–H and O–H groups in total. The lowest BCUT2D eigenvalue weighted by molar-refractivity contribution is 0.790. The molecule has 0 spiro atoms. The first-order valence-corrected chi connectivity index (χ1v) is 6.94. The summed E-state index contributed by atoms with van der Waals surface area (Å²) in [7, 11) is 0. The third-order valence-electron chi connectivity index (χ3n) is 2.90. The van der Waals surface area contributed by atoms with Gasteiger partial charge in [-0.15, -0.1) is 5.10 Å². The molecule has 1 aromatic heterocycles. The summed E-state index contributed by atoms with van der Waals surface area (Å²) in [5, 5.41) is 12.0. The van der Waals surface area contributed by atoms with Gasteiger partial charge in [-0.1, -0.05) is 36.4 Å². The first-order valence-electron chi connectivity index (χ1n) is 5.86. The Kier molecular flexibility index (Phi) is 3.29. The number of hydrogen-bond donors (Lipinski definition) is 0. The number of halogens is 1. The van der Waals surface area contributed by atoms with Crippen LogP contribution < -0.4 is 0 Å². The molecule has 0 fully saturated rings. The Morgan fingerprint density at radius 3 is 2.58 bits per heavy atom. The molecule has 0 amide bonds. The van der Waals surface area contributed by atoms with Crippen molar-refractivity contribution in [2.24, 2.45) is 0 Å². The van der Waals surface area contributed by atoms with Crippen LogP contribution in [0.2, 0.25) is 0 Å². The number of hydrogen-bond acceptors (Lipinski definition) is 3. The van der Waals surface area contributed by atoms with E-state index in [0.29, 0.717) is 0 Å². The van der Waals surface area contributed by atoms with Crippen molar-refractivity contribution in [3.63, 3.8) is 0 Å². The van der Waals surface area contributed by atoms with Gasteiger partial charge in [-0.25, -0.2) is 0 Å². The topological polar surface area (TPSA) is 43.6 Å². The van der Waals surface area contributed by atoms with E-state index in [1.807, 2.05) is 36.4 Å². The van der Waals surface area contributed by atoms with Crippen LogP contribution in [-0.4, -0.2) is 20.2 Å². The summed E-state index contributed by atoms with van der Waals surface area (Å²) in [5.41, 5.74) is 3.22. The molecule has 0 aliphatic rings. The molecule has 3 rings (SSSR count). The highest BCUT2D eigenvalue weighted by molar-refractivity contribution is 14.1. The van der Waals surface area contributed by atoms with Crippen LogP contribution in [0.15, 0.2) is 48.5 Å². The SMILES string of the molecule is Cc1ccc(-n2nnnc2-c2ccccc2)cc1I. The highest BCUT2D eigenvalue weighted by Crippen LogP contribution is 2.21. The van der Waals surface area contributed by atoms with E-state index in [4.69, 9.17) is 0 Å². The zero-order valence-corrected chi connectivity index (χ0v) is 12.4.